The number of nitrogens with zero attached hydrogens (tertiary/aromatic N) is 1. The zero-order valence-electron chi connectivity index (χ0n) is 20.0. The molecule has 0 saturated carbocycles. The maximum absolute atomic E-state index is 4.62. The van der Waals surface area contributed by atoms with Gasteiger partial charge in [-0.1, -0.05) is 61.5 Å². The summed E-state index contributed by atoms with van der Waals surface area (Å²) in [5, 5.41) is 5.97. The van der Waals surface area contributed by atoms with E-state index < -0.39 is 8.07 Å². The first-order valence-electron chi connectivity index (χ1n) is 10.7. The van der Waals surface area contributed by atoms with Crippen molar-refractivity contribution >= 4 is 24.6 Å². The third kappa shape index (κ3) is 4.50. The molecule has 0 fully saturated rings. The Labute approximate surface area is 230 Å². The van der Waals surface area contributed by atoms with Gasteiger partial charge in [-0.05, 0) is 48.4 Å². The summed E-state index contributed by atoms with van der Waals surface area (Å²) < 4.78 is 0. The van der Waals surface area contributed by atoms with Crippen LogP contribution in [0.25, 0.3) is 21.9 Å². The SMILES string of the molecule is CC1=NC2=C3C(C)=C(C2=C1)[Si]3(C)C.Cc1ccc(-c2cccc3[cH-]c(C)cc23)cc1.[Cl-].[Cl-].[Zr+3]. The van der Waals surface area contributed by atoms with E-state index in [1.807, 2.05) is 0 Å². The van der Waals surface area contributed by atoms with Crippen LogP contribution < -0.4 is 24.8 Å². The van der Waals surface area contributed by atoms with Gasteiger partial charge >= 0.3 is 26.2 Å². The van der Waals surface area contributed by atoms with E-state index in [0.717, 1.165) is 0 Å². The molecule has 0 atom stereocenters. The molecule has 3 aromatic rings. The number of hydrogen-bond acceptors (Lipinski definition) is 1. The van der Waals surface area contributed by atoms with E-state index in [0.29, 0.717) is 0 Å². The van der Waals surface area contributed by atoms with Crippen molar-refractivity contribution in [1.82, 2.24) is 0 Å². The summed E-state index contributed by atoms with van der Waals surface area (Å²) in [4.78, 5) is 4.62. The van der Waals surface area contributed by atoms with Crippen molar-refractivity contribution in [2.24, 2.45) is 4.99 Å². The molecule has 3 heterocycles. The van der Waals surface area contributed by atoms with Crippen molar-refractivity contribution < 1.29 is 51.0 Å². The Bertz CT molecular complexity index is 1340. The van der Waals surface area contributed by atoms with Gasteiger partial charge in [0.25, 0.3) is 0 Å². The molecule has 3 aromatic carbocycles. The van der Waals surface area contributed by atoms with Crippen molar-refractivity contribution in [2.45, 2.75) is 40.8 Å². The van der Waals surface area contributed by atoms with Gasteiger partial charge < -0.3 is 24.8 Å². The average molecular weight is 569 g/mol. The summed E-state index contributed by atoms with van der Waals surface area (Å²) in [6, 6.07) is 19.8. The molecule has 4 aliphatic rings. The third-order valence-electron chi connectivity index (χ3n) is 6.66. The minimum absolute atomic E-state index is 0. The molecule has 0 spiro atoms. The van der Waals surface area contributed by atoms with E-state index in [9.17, 15) is 0 Å². The Morgan fingerprint density at radius 1 is 0.848 bits per heavy atom. The molecule has 167 valence electrons. The summed E-state index contributed by atoms with van der Waals surface area (Å²) in [7, 11) is -1.15. The molecular formula is C28H28Cl2NSiZr. The van der Waals surface area contributed by atoms with Crippen LogP contribution in [0.3, 0.4) is 0 Å². The maximum Gasteiger partial charge on any atom is 3.00 e. The number of rotatable bonds is 1. The number of aryl methyl sites for hydroxylation is 2. The first-order valence-corrected chi connectivity index (χ1v) is 13.7. The fourth-order valence-electron chi connectivity index (χ4n) is 5.43. The molecule has 2 bridgehead atoms. The van der Waals surface area contributed by atoms with E-state index in [2.05, 4.69) is 106 Å². The van der Waals surface area contributed by atoms with Crippen LogP contribution in [0.4, 0.5) is 0 Å². The summed E-state index contributed by atoms with van der Waals surface area (Å²) >= 11 is 0. The quantitative estimate of drug-likeness (QED) is 0.313. The topological polar surface area (TPSA) is 12.4 Å². The van der Waals surface area contributed by atoms with Crippen LogP contribution in [0.5, 0.6) is 0 Å². The molecule has 7 rings (SSSR count). The maximum atomic E-state index is 4.62. The Morgan fingerprint density at radius 2 is 1.52 bits per heavy atom. The molecule has 0 aromatic heterocycles. The molecule has 1 aliphatic carbocycles. The zero-order chi connectivity index (χ0) is 21.2. The average Bonchev–Trinajstić information content (AvgIpc) is 3.36. The van der Waals surface area contributed by atoms with E-state index in [4.69, 9.17) is 0 Å². The second kappa shape index (κ2) is 10.1. The standard InChI is InChI=1S/C17H15.C11H13NSi.2ClH.Zr/c1-12-6-8-14(9-7-12)16-5-3-4-15-10-13(2)11-17(15)16;1-6-5-8-9(12-6)11-7(2)10(8)13(11,3)4;;;/h3-11H,1-2H3;5H,1-4H3;2*1H;/q-1;;;;+3/p-2. The minimum atomic E-state index is -1.15. The molecular weight excluding hydrogens is 541 g/mol. The van der Waals surface area contributed by atoms with Crippen LogP contribution in [0.1, 0.15) is 25.0 Å². The molecule has 1 nitrogen and oxygen atoms in total. The number of halogens is 2. The van der Waals surface area contributed by atoms with Gasteiger partial charge in [-0.2, -0.15) is 6.07 Å². The predicted molar refractivity (Wildman–Crippen MR) is 133 cm³/mol. The monoisotopic (exact) mass is 566 g/mol. The van der Waals surface area contributed by atoms with Gasteiger partial charge in [0.1, 0.15) is 8.07 Å². The first-order chi connectivity index (χ1) is 14.3. The molecule has 0 unspecified atom stereocenters. The molecule has 0 saturated heterocycles. The van der Waals surface area contributed by atoms with Crippen LogP contribution in [0.2, 0.25) is 13.1 Å². The second-order valence-electron chi connectivity index (χ2n) is 9.37. The summed E-state index contributed by atoms with van der Waals surface area (Å²) in [6.07, 6.45) is 2.25. The van der Waals surface area contributed by atoms with Crippen LogP contribution >= 0.6 is 0 Å². The van der Waals surface area contributed by atoms with Crippen LogP contribution in [0.15, 0.2) is 92.9 Å². The van der Waals surface area contributed by atoms with Crippen molar-refractivity contribution in [3.8, 4) is 11.1 Å². The predicted octanol–water partition coefficient (Wildman–Crippen LogP) is 1.62. The first kappa shape index (κ1) is 27.9. The van der Waals surface area contributed by atoms with Gasteiger partial charge in [0, 0.05) is 11.3 Å². The summed E-state index contributed by atoms with van der Waals surface area (Å²) in [5.41, 5.74) is 10.8. The number of hydrogen-bond donors (Lipinski definition) is 0. The normalized spacial score (nSPS) is 16.4. The molecule has 1 radical (unpaired) electrons. The minimum Gasteiger partial charge on any atom is -1.00 e. The van der Waals surface area contributed by atoms with Gasteiger partial charge in [0.2, 0.25) is 0 Å². The molecule has 5 heteroatoms. The van der Waals surface area contributed by atoms with Crippen molar-refractivity contribution in [1.29, 1.82) is 0 Å². The van der Waals surface area contributed by atoms with Gasteiger partial charge in [-0.15, -0.1) is 34.5 Å². The summed E-state index contributed by atoms with van der Waals surface area (Å²) in [5.74, 6) is 0. The Morgan fingerprint density at radius 3 is 2.12 bits per heavy atom. The summed E-state index contributed by atoms with van der Waals surface area (Å²) in [6.45, 7) is 13.5. The van der Waals surface area contributed by atoms with Crippen LogP contribution in [0, 0.1) is 13.8 Å². The number of fused-ring (bicyclic) bond motifs is 1. The van der Waals surface area contributed by atoms with E-state index in [1.54, 1.807) is 10.4 Å². The molecule has 0 amide bonds. The van der Waals surface area contributed by atoms with Crippen LogP contribution in [-0.2, 0) is 26.2 Å². The van der Waals surface area contributed by atoms with Crippen molar-refractivity contribution in [3.63, 3.8) is 0 Å². The smallest absolute Gasteiger partial charge is 1.00 e. The van der Waals surface area contributed by atoms with Crippen LogP contribution in [-0.4, -0.2) is 13.8 Å². The Hall–Kier alpha value is -1.38. The van der Waals surface area contributed by atoms with E-state index in [1.165, 1.54) is 55.6 Å². The molecule has 0 N–H and O–H groups in total. The number of benzene rings is 2. The third-order valence-corrected chi connectivity index (χ3v) is 10.4. The van der Waals surface area contributed by atoms with E-state index in [-0.39, 0.29) is 51.0 Å². The number of aliphatic imine (C=N–C) groups is 1. The number of allylic oxidation sites excluding steroid dienone is 4. The Kier molecular flexibility index (Phi) is 8.51. The Balaban J connectivity index is 0.000000220. The van der Waals surface area contributed by atoms with Gasteiger partial charge in [-0.25, -0.2) is 0 Å². The van der Waals surface area contributed by atoms with Crippen molar-refractivity contribution in [3.05, 3.63) is 99.0 Å². The fourth-order valence-corrected chi connectivity index (χ4v) is 9.27. The molecule has 3 aliphatic heterocycles. The van der Waals surface area contributed by atoms with E-state index >= 15 is 0 Å². The zero-order valence-corrected chi connectivity index (χ0v) is 24.9. The fraction of sp³-hybridized carbons (Fsp3) is 0.214. The largest absolute Gasteiger partial charge is 3.00 e. The van der Waals surface area contributed by atoms with Gasteiger partial charge in [0.05, 0.1) is 5.70 Å². The molecule has 33 heavy (non-hydrogen) atoms. The van der Waals surface area contributed by atoms with Gasteiger partial charge in [-0.3, -0.25) is 4.99 Å². The van der Waals surface area contributed by atoms with Crippen molar-refractivity contribution in [2.75, 3.05) is 0 Å². The second-order valence-corrected chi connectivity index (χ2v) is 13.6. The van der Waals surface area contributed by atoms with Gasteiger partial charge in [0.15, 0.2) is 0 Å².